The van der Waals surface area contributed by atoms with E-state index < -0.39 is 12.0 Å². The highest BCUT2D eigenvalue weighted by molar-refractivity contribution is 7.07. The van der Waals surface area contributed by atoms with Crippen molar-refractivity contribution in [2.45, 2.75) is 46.6 Å². The number of carbonyl (C=O) groups excluding carboxylic acids is 1. The number of hydrogen-bond acceptors (Lipinski definition) is 7. The second-order valence-corrected chi connectivity index (χ2v) is 9.92. The third-order valence-corrected chi connectivity index (χ3v) is 7.69. The number of benzene rings is 1. The first-order chi connectivity index (χ1) is 17.3. The maximum Gasteiger partial charge on any atom is 0.338 e. The molecule has 2 aromatic heterocycles. The predicted molar refractivity (Wildman–Crippen MR) is 137 cm³/mol. The standard InChI is InChI=1S/C27H29N3O5S/c1-6-8-19-23(26(32)33-7-2)24(17-9-10-20-21(12-17)35-14-34-20)30-25(31)22(36-27(30)28-19)13-18-11-15(3)29(5)16(18)4/h9-13,24H,6-8,14H2,1-5H3/b22-13+/t24-/m0/s1. The minimum Gasteiger partial charge on any atom is -0.463 e. The van der Waals surface area contributed by atoms with Gasteiger partial charge in [-0.3, -0.25) is 9.36 Å². The minimum absolute atomic E-state index is 0.138. The number of carbonyl (C=O) groups is 1. The van der Waals surface area contributed by atoms with Gasteiger partial charge >= 0.3 is 5.97 Å². The summed E-state index contributed by atoms with van der Waals surface area (Å²) in [6.45, 7) is 8.24. The molecule has 8 nitrogen and oxygen atoms in total. The summed E-state index contributed by atoms with van der Waals surface area (Å²) in [7, 11) is 2.01. The lowest BCUT2D eigenvalue weighted by Crippen LogP contribution is -2.40. The summed E-state index contributed by atoms with van der Waals surface area (Å²) in [5, 5.41) is 0. The van der Waals surface area contributed by atoms with Crippen LogP contribution >= 0.6 is 11.3 Å². The van der Waals surface area contributed by atoms with Crippen LogP contribution in [-0.2, 0) is 16.6 Å². The van der Waals surface area contributed by atoms with Crippen LogP contribution in [0, 0.1) is 13.8 Å². The second-order valence-electron chi connectivity index (χ2n) is 8.91. The molecule has 3 aromatic rings. The zero-order chi connectivity index (χ0) is 25.6. The van der Waals surface area contributed by atoms with Crippen LogP contribution < -0.4 is 24.4 Å². The van der Waals surface area contributed by atoms with Gasteiger partial charge in [-0.05, 0) is 62.6 Å². The molecule has 2 aliphatic heterocycles. The summed E-state index contributed by atoms with van der Waals surface area (Å²) >= 11 is 1.34. The van der Waals surface area contributed by atoms with Gasteiger partial charge in [0.1, 0.15) is 0 Å². The smallest absolute Gasteiger partial charge is 0.338 e. The Morgan fingerprint density at radius 2 is 2.00 bits per heavy atom. The molecule has 5 rings (SSSR count). The van der Waals surface area contributed by atoms with E-state index in [1.54, 1.807) is 11.5 Å². The molecule has 9 heteroatoms. The van der Waals surface area contributed by atoms with Gasteiger partial charge in [-0.15, -0.1) is 0 Å². The van der Waals surface area contributed by atoms with Crippen LogP contribution in [0.4, 0.5) is 0 Å². The van der Waals surface area contributed by atoms with Gasteiger partial charge in [-0.25, -0.2) is 9.79 Å². The molecule has 0 radical (unpaired) electrons. The van der Waals surface area contributed by atoms with Crippen LogP contribution in [0.3, 0.4) is 0 Å². The molecule has 1 aromatic carbocycles. The number of aryl methyl sites for hydroxylation is 1. The third-order valence-electron chi connectivity index (χ3n) is 6.71. The fourth-order valence-electron chi connectivity index (χ4n) is 4.69. The van der Waals surface area contributed by atoms with Crippen LogP contribution in [0.5, 0.6) is 11.5 Å². The second kappa shape index (κ2) is 9.46. The van der Waals surface area contributed by atoms with Gasteiger partial charge in [0.15, 0.2) is 16.3 Å². The number of ether oxygens (including phenoxy) is 3. The van der Waals surface area contributed by atoms with Crippen LogP contribution in [0.15, 0.2) is 45.3 Å². The van der Waals surface area contributed by atoms with Crippen LogP contribution in [0.1, 0.15) is 55.2 Å². The SMILES string of the molecule is CCCC1=C(C(=O)OCC)[C@H](c2ccc3c(c2)OCO3)n2c(s/c(=C/c3cc(C)n(C)c3C)c2=O)=N1. The molecule has 36 heavy (non-hydrogen) atoms. The summed E-state index contributed by atoms with van der Waals surface area (Å²) in [5.74, 6) is 0.759. The largest absolute Gasteiger partial charge is 0.463 e. The molecule has 0 spiro atoms. The molecule has 0 unspecified atom stereocenters. The van der Waals surface area contributed by atoms with Crippen molar-refractivity contribution in [3.63, 3.8) is 0 Å². The quantitative estimate of drug-likeness (QED) is 0.478. The topological polar surface area (TPSA) is 84.0 Å². The lowest BCUT2D eigenvalue weighted by molar-refractivity contribution is -0.139. The van der Waals surface area contributed by atoms with E-state index in [9.17, 15) is 9.59 Å². The summed E-state index contributed by atoms with van der Waals surface area (Å²) in [6.07, 6.45) is 3.31. The number of fused-ring (bicyclic) bond motifs is 2. The monoisotopic (exact) mass is 507 g/mol. The third kappa shape index (κ3) is 3.97. The molecule has 0 aliphatic carbocycles. The Balaban J connectivity index is 1.77. The van der Waals surface area contributed by atoms with Crippen molar-refractivity contribution in [3.05, 3.63) is 77.7 Å². The van der Waals surface area contributed by atoms with Crippen molar-refractivity contribution in [1.29, 1.82) is 0 Å². The number of allylic oxidation sites excluding steroid dienone is 1. The van der Waals surface area contributed by atoms with E-state index in [1.807, 2.05) is 52.1 Å². The molecule has 0 saturated heterocycles. The molecule has 1 atom stereocenters. The summed E-state index contributed by atoms with van der Waals surface area (Å²) in [6, 6.07) is 6.90. The van der Waals surface area contributed by atoms with Crippen molar-refractivity contribution in [1.82, 2.24) is 9.13 Å². The highest BCUT2D eigenvalue weighted by Gasteiger charge is 2.35. The average Bonchev–Trinajstić information content (AvgIpc) is 3.51. The Labute approximate surface area is 212 Å². The molecule has 0 bridgehead atoms. The van der Waals surface area contributed by atoms with Crippen molar-refractivity contribution in [2.24, 2.45) is 12.0 Å². The van der Waals surface area contributed by atoms with Crippen LogP contribution in [-0.4, -0.2) is 28.5 Å². The van der Waals surface area contributed by atoms with E-state index in [4.69, 9.17) is 19.2 Å². The molecule has 4 heterocycles. The van der Waals surface area contributed by atoms with Crippen molar-refractivity contribution < 1.29 is 19.0 Å². The van der Waals surface area contributed by atoms with E-state index >= 15 is 0 Å². The van der Waals surface area contributed by atoms with Gasteiger partial charge in [0.25, 0.3) is 5.56 Å². The first-order valence-corrected chi connectivity index (χ1v) is 12.9. The summed E-state index contributed by atoms with van der Waals surface area (Å²) in [4.78, 5) is 32.5. The van der Waals surface area contributed by atoms with Crippen molar-refractivity contribution in [2.75, 3.05) is 13.4 Å². The molecular weight excluding hydrogens is 478 g/mol. The first kappa shape index (κ1) is 24.1. The average molecular weight is 508 g/mol. The molecule has 0 saturated carbocycles. The maximum atomic E-state index is 13.9. The fourth-order valence-corrected chi connectivity index (χ4v) is 5.70. The van der Waals surface area contributed by atoms with E-state index in [0.717, 1.165) is 28.9 Å². The molecule has 2 aliphatic rings. The van der Waals surface area contributed by atoms with E-state index in [-0.39, 0.29) is 19.0 Å². The normalized spacial score (nSPS) is 16.8. The lowest BCUT2D eigenvalue weighted by Gasteiger charge is -2.25. The van der Waals surface area contributed by atoms with E-state index in [0.29, 0.717) is 38.5 Å². The van der Waals surface area contributed by atoms with Crippen molar-refractivity contribution in [3.8, 4) is 11.5 Å². The Kier molecular flexibility index (Phi) is 6.34. The Morgan fingerprint density at radius 3 is 2.69 bits per heavy atom. The highest BCUT2D eigenvalue weighted by Crippen LogP contribution is 2.38. The minimum atomic E-state index is -0.683. The maximum absolute atomic E-state index is 13.9. The van der Waals surface area contributed by atoms with Gasteiger partial charge in [0.05, 0.1) is 28.5 Å². The number of rotatable bonds is 6. The Morgan fingerprint density at radius 1 is 1.22 bits per heavy atom. The predicted octanol–water partition coefficient (Wildman–Crippen LogP) is 3.26. The fraction of sp³-hybridized carbons (Fsp3) is 0.370. The zero-order valence-corrected chi connectivity index (χ0v) is 21.9. The number of aromatic nitrogens is 2. The number of thiazole rings is 1. The van der Waals surface area contributed by atoms with E-state index in [2.05, 4.69) is 10.6 Å². The number of nitrogens with zero attached hydrogens (tertiary/aromatic N) is 3. The van der Waals surface area contributed by atoms with Crippen LogP contribution in [0.25, 0.3) is 6.08 Å². The zero-order valence-electron chi connectivity index (χ0n) is 21.1. The molecule has 0 amide bonds. The molecular formula is C27H29N3O5S. The highest BCUT2D eigenvalue weighted by atomic mass is 32.1. The van der Waals surface area contributed by atoms with E-state index in [1.165, 1.54) is 11.3 Å². The summed E-state index contributed by atoms with van der Waals surface area (Å²) < 4.78 is 20.8. The number of esters is 1. The Bertz CT molecular complexity index is 1570. The Hall–Kier alpha value is -3.59. The first-order valence-electron chi connectivity index (χ1n) is 12.1. The summed E-state index contributed by atoms with van der Waals surface area (Å²) in [5.41, 5.74) is 4.76. The molecule has 0 fully saturated rings. The van der Waals surface area contributed by atoms with Gasteiger partial charge in [0, 0.05) is 18.4 Å². The molecule has 0 N–H and O–H groups in total. The van der Waals surface area contributed by atoms with Crippen LogP contribution in [0.2, 0.25) is 0 Å². The lowest BCUT2D eigenvalue weighted by atomic mass is 9.94. The number of hydrogen-bond donors (Lipinski definition) is 0. The van der Waals surface area contributed by atoms with Gasteiger partial charge < -0.3 is 18.8 Å². The van der Waals surface area contributed by atoms with Gasteiger partial charge in [0.2, 0.25) is 6.79 Å². The molecule has 188 valence electrons. The van der Waals surface area contributed by atoms with Gasteiger partial charge in [-0.2, -0.15) is 0 Å². The van der Waals surface area contributed by atoms with Crippen molar-refractivity contribution >= 4 is 23.4 Å². The van der Waals surface area contributed by atoms with Gasteiger partial charge in [-0.1, -0.05) is 30.7 Å².